The smallest absolute Gasteiger partial charge is 0.221 e. The molecule has 16 heavy (non-hydrogen) atoms. The molecule has 0 saturated heterocycles. The third-order valence-electron chi connectivity index (χ3n) is 2.88. The van der Waals surface area contributed by atoms with E-state index in [2.05, 4.69) is 5.32 Å². The number of anilines is 1. The lowest BCUT2D eigenvalue weighted by Crippen LogP contribution is -2.44. The molecule has 1 saturated carbocycles. The van der Waals surface area contributed by atoms with E-state index < -0.39 is 0 Å². The van der Waals surface area contributed by atoms with Gasteiger partial charge in [-0.25, -0.2) is 0 Å². The van der Waals surface area contributed by atoms with E-state index in [0.29, 0.717) is 18.5 Å². The summed E-state index contributed by atoms with van der Waals surface area (Å²) in [5, 5.41) is 3.39. The maximum absolute atomic E-state index is 10.7. The number of primary amides is 1. The molecule has 2 rings (SSSR count). The number of benzene rings is 1. The first-order valence-electron chi connectivity index (χ1n) is 5.53. The Morgan fingerprint density at radius 2 is 1.94 bits per heavy atom. The van der Waals surface area contributed by atoms with Crippen molar-refractivity contribution in [3.05, 3.63) is 29.8 Å². The van der Waals surface area contributed by atoms with Crippen molar-refractivity contribution in [3.63, 3.8) is 0 Å². The number of carbonyl (C=O) groups excluding carboxylic acids is 1. The van der Waals surface area contributed by atoms with Crippen LogP contribution in [0.15, 0.2) is 24.3 Å². The lowest BCUT2D eigenvalue weighted by atomic mass is 9.87. The molecule has 0 radical (unpaired) electrons. The van der Waals surface area contributed by atoms with Crippen molar-refractivity contribution >= 4 is 11.6 Å². The Hall–Kier alpha value is -1.55. The van der Waals surface area contributed by atoms with Crippen LogP contribution in [0.1, 0.15) is 18.4 Å². The summed E-state index contributed by atoms with van der Waals surface area (Å²) in [7, 11) is 0. The third kappa shape index (κ3) is 2.73. The molecule has 1 aromatic carbocycles. The van der Waals surface area contributed by atoms with Gasteiger partial charge in [0.05, 0.1) is 6.42 Å². The van der Waals surface area contributed by atoms with Crippen LogP contribution in [0.3, 0.4) is 0 Å². The second-order valence-electron chi connectivity index (χ2n) is 4.41. The molecule has 0 bridgehead atoms. The van der Waals surface area contributed by atoms with Gasteiger partial charge in [0.2, 0.25) is 5.91 Å². The molecule has 0 spiro atoms. The number of hydrogen-bond acceptors (Lipinski definition) is 3. The molecule has 1 fully saturated rings. The number of amides is 1. The third-order valence-corrected chi connectivity index (χ3v) is 2.88. The molecular weight excluding hydrogens is 202 g/mol. The summed E-state index contributed by atoms with van der Waals surface area (Å²) < 4.78 is 0. The summed E-state index contributed by atoms with van der Waals surface area (Å²) in [6.45, 7) is 0. The molecule has 1 amide bonds. The van der Waals surface area contributed by atoms with Gasteiger partial charge in [-0.2, -0.15) is 0 Å². The van der Waals surface area contributed by atoms with Gasteiger partial charge in [-0.1, -0.05) is 12.1 Å². The predicted molar refractivity (Wildman–Crippen MR) is 64.0 cm³/mol. The molecule has 0 aromatic heterocycles. The summed E-state index contributed by atoms with van der Waals surface area (Å²) >= 11 is 0. The molecule has 0 atom stereocenters. The number of rotatable bonds is 4. The summed E-state index contributed by atoms with van der Waals surface area (Å²) in [6, 6.07) is 8.64. The first-order valence-corrected chi connectivity index (χ1v) is 5.53. The summed E-state index contributed by atoms with van der Waals surface area (Å²) in [4.78, 5) is 10.7. The standard InChI is InChI=1S/C12H17N3O/c13-9-6-11(7-9)15-10-3-1-8(2-4-10)5-12(14)16/h1-4,9,11,15H,5-7,13H2,(H2,14,16). The largest absolute Gasteiger partial charge is 0.382 e. The van der Waals surface area contributed by atoms with Crippen LogP contribution in [-0.4, -0.2) is 18.0 Å². The number of nitrogens with two attached hydrogens (primary N) is 2. The van der Waals surface area contributed by atoms with Crippen LogP contribution >= 0.6 is 0 Å². The zero-order valence-electron chi connectivity index (χ0n) is 9.15. The van der Waals surface area contributed by atoms with Crippen molar-refractivity contribution in [2.24, 2.45) is 11.5 Å². The minimum absolute atomic E-state index is 0.300. The van der Waals surface area contributed by atoms with Crippen LogP contribution in [0.25, 0.3) is 0 Å². The lowest BCUT2D eigenvalue weighted by molar-refractivity contribution is -0.117. The Bertz CT molecular complexity index is 368. The summed E-state index contributed by atoms with van der Waals surface area (Å²) in [5.74, 6) is -0.300. The van der Waals surface area contributed by atoms with Crippen LogP contribution < -0.4 is 16.8 Å². The minimum atomic E-state index is -0.300. The van der Waals surface area contributed by atoms with Gasteiger partial charge < -0.3 is 16.8 Å². The van der Waals surface area contributed by atoms with Gasteiger partial charge in [-0.05, 0) is 30.5 Å². The van der Waals surface area contributed by atoms with Crippen LogP contribution in [-0.2, 0) is 11.2 Å². The zero-order chi connectivity index (χ0) is 11.5. The zero-order valence-corrected chi connectivity index (χ0v) is 9.15. The van der Waals surface area contributed by atoms with Gasteiger partial charge in [-0.3, -0.25) is 4.79 Å². The maximum atomic E-state index is 10.7. The fourth-order valence-corrected chi connectivity index (χ4v) is 1.94. The SMILES string of the molecule is NC(=O)Cc1ccc(NC2CC(N)C2)cc1. The van der Waals surface area contributed by atoms with Crippen LogP contribution in [0.4, 0.5) is 5.69 Å². The predicted octanol–water partition coefficient (Wildman–Crippen LogP) is 0.616. The number of carbonyl (C=O) groups is 1. The molecule has 5 N–H and O–H groups in total. The Morgan fingerprint density at radius 1 is 1.31 bits per heavy atom. The van der Waals surface area contributed by atoms with E-state index in [1.54, 1.807) is 0 Å². The van der Waals surface area contributed by atoms with Crippen LogP contribution in [0.2, 0.25) is 0 Å². The molecular formula is C12H17N3O. The maximum Gasteiger partial charge on any atom is 0.221 e. The normalized spacial score (nSPS) is 23.6. The van der Waals surface area contributed by atoms with Gasteiger partial charge in [0.1, 0.15) is 0 Å². The van der Waals surface area contributed by atoms with Gasteiger partial charge in [-0.15, -0.1) is 0 Å². The second kappa shape index (κ2) is 4.53. The first-order chi connectivity index (χ1) is 7.63. The Labute approximate surface area is 95.0 Å². The fourth-order valence-electron chi connectivity index (χ4n) is 1.94. The second-order valence-corrected chi connectivity index (χ2v) is 4.41. The lowest BCUT2D eigenvalue weighted by Gasteiger charge is -2.33. The fraction of sp³-hybridized carbons (Fsp3) is 0.417. The molecule has 86 valence electrons. The van der Waals surface area contributed by atoms with Crippen LogP contribution in [0.5, 0.6) is 0 Å². The van der Waals surface area contributed by atoms with Crippen molar-refractivity contribution in [1.82, 2.24) is 0 Å². The highest BCUT2D eigenvalue weighted by molar-refractivity contribution is 5.76. The molecule has 4 nitrogen and oxygen atoms in total. The van der Waals surface area contributed by atoms with E-state index in [0.717, 1.165) is 24.1 Å². The van der Waals surface area contributed by atoms with Gasteiger partial charge >= 0.3 is 0 Å². The monoisotopic (exact) mass is 219 g/mol. The van der Waals surface area contributed by atoms with Gasteiger partial charge in [0, 0.05) is 17.8 Å². The van der Waals surface area contributed by atoms with E-state index in [1.807, 2.05) is 24.3 Å². The quantitative estimate of drug-likeness (QED) is 0.694. The number of hydrogen-bond donors (Lipinski definition) is 3. The van der Waals surface area contributed by atoms with Gasteiger partial charge in [0.15, 0.2) is 0 Å². The van der Waals surface area contributed by atoms with Crippen molar-refractivity contribution in [3.8, 4) is 0 Å². The Morgan fingerprint density at radius 3 is 2.44 bits per heavy atom. The molecule has 4 heteroatoms. The first kappa shape index (κ1) is 11.0. The van der Waals surface area contributed by atoms with Gasteiger partial charge in [0.25, 0.3) is 0 Å². The van der Waals surface area contributed by atoms with Crippen molar-refractivity contribution in [1.29, 1.82) is 0 Å². The molecule has 0 aliphatic heterocycles. The molecule has 1 aliphatic carbocycles. The highest BCUT2D eigenvalue weighted by atomic mass is 16.1. The van der Waals surface area contributed by atoms with Crippen LogP contribution in [0, 0.1) is 0 Å². The average molecular weight is 219 g/mol. The molecule has 1 aromatic rings. The van der Waals surface area contributed by atoms with E-state index in [4.69, 9.17) is 11.5 Å². The molecule has 0 heterocycles. The summed E-state index contributed by atoms with van der Waals surface area (Å²) in [5.41, 5.74) is 12.9. The molecule has 0 unspecified atom stereocenters. The average Bonchev–Trinajstić information content (AvgIpc) is 2.18. The van der Waals surface area contributed by atoms with E-state index in [9.17, 15) is 4.79 Å². The highest BCUT2D eigenvalue weighted by Gasteiger charge is 2.25. The Balaban J connectivity index is 1.89. The number of nitrogens with one attached hydrogen (secondary N) is 1. The van der Waals surface area contributed by atoms with E-state index >= 15 is 0 Å². The highest BCUT2D eigenvalue weighted by Crippen LogP contribution is 2.22. The minimum Gasteiger partial charge on any atom is -0.382 e. The van der Waals surface area contributed by atoms with Crippen molar-refractivity contribution in [2.45, 2.75) is 31.3 Å². The summed E-state index contributed by atoms with van der Waals surface area (Å²) in [6.07, 6.45) is 2.36. The molecule has 1 aliphatic rings. The topological polar surface area (TPSA) is 81.1 Å². The van der Waals surface area contributed by atoms with Crippen molar-refractivity contribution < 1.29 is 4.79 Å². The van der Waals surface area contributed by atoms with E-state index in [-0.39, 0.29) is 5.91 Å². The Kier molecular flexibility index (Phi) is 3.10. The van der Waals surface area contributed by atoms with E-state index in [1.165, 1.54) is 0 Å². The van der Waals surface area contributed by atoms with Crippen molar-refractivity contribution in [2.75, 3.05) is 5.32 Å².